The van der Waals surface area contributed by atoms with E-state index in [1.807, 2.05) is 0 Å². The number of amides is 2. The number of ether oxygens (including phenoxy) is 2. The van der Waals surface area contributed by atoms with Gasteiger partial charge in [0.2, 0.25) is 0 Å². The molecule has 1 aliphatic heterocycles. The van der Waals surface area contributed by atoms with Crippen LogP contribution in [-0.4, -0.2) is 25.7 Å². The van der Waals surface area contributed by atoms with E-state index in [0.717, 1.165) is 10.5 Å². The van der Waals surface area contributed by atoms with Gasteiger partial charge in [0.25, 0.3) is 5.91 Å². The summed E-state index contributed by atoms with van der Waals surface area (Å²) in [7, 11) is 1.22. The van der Waals surface area contributed by atoms with Gasteiger partial charge < -0.3 is 15.2 Å². The number of rotatable bonds is 1. The van der Waals surface area contributed by atoms with E-state index in [1.165, 1.54) is 7.11 Å². The van der Waals surface area contributed by atoms with Crippen LogP contribution in [0.1, 0.15) is 5.56 Å². The van der Waals surface area contributed by atoms with E-state index in [4.69, 9.17) is 10.5 Å². The van der Waals surface area contributed by atoms with Gasteiger partial charge in [0.05, 0.1) is 12.8 Å². The second-order valence-electron chi connectivity index (χ2n) is 3.49. The maximum atomic E-state index is 11.6. The Labute approximate surface area is 97.9 Å². The minimum Gasteiger partial charge on any atom is -0.482 e. The molecule has 2 rings (SSSR count). The highest BCUT2D eigenvalue weighted by molar-refractivity contribution is 6.14. The van der Waals surface area contributed by atoms with Gasteiger partial charge in [0.1, 0.15) is 5.75 Å². The molecule has 2 N–H and O–H groups in total. The third-order valence-corrected chi connectivity index (χ3v) is 2.46. The van der Waals surface area contributed by atoms with Crippen molar-refractivity contribution in [3.63, 3.8) is 0 Å². The fourth-order valence-corrected chi connectivity index (χ4v) is 1.62. The first-order valence-electron chi connectivity index (χ1n) is 5.04. The van der Waals surface area contributed by atoms with Crippen LogP contribution in [0.4, 0.5) is 10.5 Å². The van der Waals surface area contributed by atoms with Crippen LogP contribution >= 0.6 is 0 Å². The Balaban J connectivity index is 2.48. The topological polar surface area (TPSA) is 81.9 Å². The van der Waals surface area contributed by atoms with E-state index in [0.29, 0.717) is 18.0 Å². The van der Waals surface area contributed by atoms with Gasteiger partial charge in [-0.25, -0.2) is 9.69 Å². The predicted molar refractivity (Wildman–Crippen MR) is 59.7 cm³/mol. The average molecular weight is 236 g/mol. The first kappa shape index (κ1) is 11.4. The van der Waals surface area contributed by atoms with Gasteiger partial charge in [-0.2, -0.15) is 0 Å². The standard InChI is InChI=1S/C11H12N2O4/c1-16-11(15)13-8-4-7(5-12)2-3-9(8)17-6-10(13)14/h2-4H,5-6,12H2,1H3. The monoisotopic (exact) mass is 236 g/mol. The number of hydrogen-bond acceptors (Lipinski definition) is 5. The molecule has 1 aromatic carbocycles. The third kappa shape index (κ3) is 1.94. The number of anilines is 1. The number of nitrogens with zero attached hydrogens (tertiary/aromatic N) is 1. The van der Waals surface area contributed by atoms with E-state index in [1.54, 1.807) is 18.2 Å². The van der Waals surface area contributed by atoms with Crippen molar-refractivity contribution in [1.82, 2.24) is 0 Å². The van der Waals surface area contributed by atoms with Crippen LogP contribution < -0.4 is 15.4 Å². The smallest absolute Gasteiger partial charge is 0.421 e. The lowest BCUT2D eigenvalue weighted by Crippen LogP contribution is -2.43. The van der Waals surface area contributed by atoms with Gasteiger partial charge in [-0.05, 0) is 17.7 Å². The van der Waals surface area contributed by atoms with E-state index >= 15 is 0 Å². The SMILES string of the molecule is COC(=O)N1C(=O)COc2ccc(CN)cc21. The van der Waals surface area contributed by atoms with E-state index in [-0.39, 0.29) is 6.61 Å². The summed E-state index contributed by atoms with van der Waals surface area (Å²) < 4.78 is 9.79. The van der Waals surface area contributed by atoms with Crippen LogP contribution in [0.2, 0.25) is 0 Å². The average Bonchev–Trinajstić information content (AvgIpc) is 2.37. The predicted octanol–water partition coefficient (Wildman–Crippen LogP) is 0.637. The summed E-state index contributed by atoms with van der Waals surface area (Å²) in [6.07, 6.45) is -0.728. The normalized spacial score (nSPS) is 14.0. The second-order valence-corrected chi connectivity index (χ2v) is 3.49. The van der Waals surface area contributed by atoms with Gasteiger partial charge >= 0.3 is 6.09 Å². The minimum atomic E-state index is -0.728. The summed E-state index contributed by atoms with van der Waals surface area (Å²) in [6, 6.07) is 5.10. The highest BCUT2D eigenvalue weighted by Gasteiger charge is 2.31. The Bertz CT molecular complexity index is 473. The summed E-state index contributed by atoms with van der Waals surface area (Å²) >= 11 is 0. The lowest BCUT2D eigenvalue weighted by molar-refractivity contribution is -0.120. The molecule has 1 aliphatic rings. The third-order valence-electron chi connectivity index (χ3n) is 2.46. The zero-order valence-electron chi connectivity index (χ0n) is 9.30. The Hall–Kier alpha value is -2.08. The van der Waals surface area contributed by atoms with E-state index in [2.05, 4.69) is 4.74 Å². The highest BCUT2D eigenvalue weighted by atomic mass is 16.5. The van der Waals surface area contributed by atoms with Gasteiger partial charge in [-0.1, -0.05) is 6.07 Å². The Kier molecular flexibility index (Phi) is 2.97. The van der Waals surface area contributed by atoms with Crippen molar-refractivity contribution in [3.8, 4) is 5.75 Å². The molecule has 0 unspecified atom stereocenters. The van der Waals surface area contributed by atoms with Gasteiger partial charge in [0, 0.05) is 6.54 Å². The molecule has 0 saturated heterocycles. The van der Waals surface area contributed by atoms with Crippen LogP contribution in [0.3, 0.4) is 0 Å². The molecule has 0 bridgehead atoms. The molecular weight excluding hydrogens is 224 g/mol. The molecule has 0 saturated carbocycles. The summed E-state index contributed by atoms with van der Waals surface area (Å²) in [5, 5.41) is 0. The van der Waals surface area contributed by atoms with Crippen molar-refractivity contribution in [2.24, 2.45) is 5.73 Å². The van der Waals surface area contributed by atoms with Crippen LogP contribution in [0.15, 0.2) is 18.2 Å². The molecule has 0 spiro atoms. The number of imide groups is 1. The number of benzene rings is 1. The summed E-state index contributed by atoms with van der Waals surface area (Å²) in [5.74, 6) is 0.00530. The van der Waals surface area contributed by atoms with Crippen molar-refractivity contribution in [3.05, 3.63) is 23.8 Å². The molecule has 2 amide bonds. The summed E-state index contributed by atoms with van der Waals surface area (Å²) in [4.78, 5) is 24.1. The molecule has 6 nitrogen and oxygen atoms in total. The zero-order valence-corrected chi connectivity index (χ0v) is 9.30. The van der Waals surface area contributed by atoms with Gasteiger partial charge in [0.15, 0.2) is 6.61 Å². The van der Waals surface area contributed by atoms with Crippen molar-refractivity contribution >= 4 is 17.7 Å². The number of hydrogen-bond donors (Lipinski definition) is 1. The van der Waals surface area contributed by atoms with Crippen molar-refractivity contribution < 1.29 is 19.1 Å². The van der Waals surface area contributed by atoms with Crippen molar-refractivity contribution in [2.45, 2.75) is 6.54 Å². The lowest BCUT2D eigenvalue weighted by Gasteiger charge is -2.26. The number of carbonyl (C=O) groups is 2. The molecule has 0 fully saturated rings. The molecule has 17 heavy (non-hydrogen) atoms. The summed E-state index contributed by atoms with van der Waals surface area (Å²) in [5.41, 5.74) is 6.68. The molecule has 1 aromatic rings. The second kappa shape index (κ2) is 4.42. The largest absolute Gasteiger partial charge is 0.482 e. The first-order chi connectivity index (χ1) is 8.17. The summed E-state index contributed by atoms with van der Waals surface area (Å²) in [6.45, 7) is 0.139. The maximum Gasteiger partial charge on any atom is 0.421 e. The molecule has 1 heterocycles. The van der Waals surface area contributed by atoms with E-state index < -0.39 is 12.0 Å². The Morgan fingerprint density at radius 2 is 2.35 bits per heavy atom. The highest BCUT2D eigenvalue weighted by Crippen LogP contribution is 2.33. The molecule has 0 aromatic heterocycles. The molecule has 0 atom stereocenters. The molecule has 0 radical (unpaired) electrons. The van der Waals surface area contributed by atoms with Gasteiger partial charge in [-0.15, -0.1) is 0 Å². The number of fused-ring (bicyclic) bond motifs is 1. The number of methoxy groups -OCH3 is 1. The fraction of sp³-hybridized carbons (Fsp3) is 0.273. The lowest BCUT2D eigenvalue weighted by atomic mass is 10.1. The maximum absolute atomic E-state index is 11.6. The fourth-order valence-electron chi connectivity index (χ4n) is 1.62. The molecule has 90 valence electrons. The van der Waals surface area contributed by atoms with Crippen LogP contribution in [0, 0.1) is 0 Å². The Morgan fingerprint density at radius 3 is 3.00 bits per heavy atom. The molecular formula is C11H12N2O4. The van der Waals surface area contributed by atoms with Crippen molar-refractivity contribution in [2.75, 3.05) is 18.6 Å². The molecule has 6 heteroatoms. The zero-order chi connectivity index (χ0) is 12.4. The van der Waals surface area contributed by atoms with Crippen LogP contribution in [-0.2, 0) is 16.1 Å². The van der Waals surface area contributed by atoms with Crippen LogP contribution in [0.5, 0.6) is 5.75 Å². The minimum absolute atomic E-state index is 0.177. The first-order valence-corrected chi connectivity index (χ1v) is 5.04. The number of carbonyl (C=O) groups excluding carboxylic acids is 2. The quantitative estimate of drug-likeness (QED) is 0.773. The van der Waals surface area contributed by atoms with E-state index in [9.17, 15) is 9.59 Å². The Morgan fingerprint density at radius 1 is 1.59 bits per heavy atom. The van der Waals surface area contributed by atoms with Crippen LogP contribution in [0.25, 0.3) is 0 Å². The number of nitrogens with two attached hydrogens (primary N) is 1. The van der Waals surface area contributed by atoms with Crippen molar-refractivity contribution in [1.29, 1.82) is 0 Å². The van der Waals surface area contributed by atoms with Gasteiger partial charge in [-0.3, -0.25) is 4.79 Å². The molecule has 0 aliphatic carbocycles.